The topological polar surface area (TPSA) is 79.7 Å². The summed E-state index contributed by atoms with van der Waals surface area (Å²) >= 11 is 0. The molecule has 2 aliphatic rings. The van der Waals surface area contributed by atoms with Crippen molar-refractivity contribution in [2.24, 2.45) is 0 Å². The number of nitrogens with one attached hydrogen (secondary N) is 1. The number of anilines is 1. The number of benzene rings is 1. The predicted molar refractivity (Wildman–Crippen MR) is 136 cm³/mol. The normalized spacial score (nSPS) is 16.4. The lowest BCUT2D eigenvalue weighted by Gasteiger charge is -2.34. The molecular formula is C27H26F3N5O3. The van der Waals surface area contributed by atoms with Gasteiger partial charge >= 0.3 is 12.1 Å². The lowest BCUT2D eigenvalue weighted by Crippen LogP contribution is -2.44. The van der Waals surface area contributed by atoms with Crippen molar-refractivity contribution in [3.05, 3.63) is 71.2 Å². The maximum atomic E-state index is 13.0. The first kappa shape index (κ1) is 25.5. The van der Waals surface area contributed by atoms with E-state index in [4.69, 9.17) is 4.84 Å². The van der Waals surface area contributed by atoms with E-state index in [1.807, 2.05) is 30.4 Å². The summed E-state index contributed by atoms with van der Waals surface area (Å²) in [4.78, 5) is 37.8. The van der Waals surface area contributed by atoms with Crippen molar-refractivity contribution in [1.82, 2.24) is 19.9 Å². The summed E-state index contributed by atoms with van der Waals surface area (Å²) < 4.78 is 39.8. The van der Waals surface area contributed by atoms with Crippen LogP contribution < -0.4 is 15.1 Å². The molecule has 2 aromatic heterocycles. The maximum Gasteiger partial charge on any atom is 0.493 e. The summed E-state index contributed by atoms with van der Waals surface area (Å²) in [7, 11) is 2.10. The number of para-hydroxylation sites is 1. The van der Waals surface area contributed by atoms with Crippen LogP contribution in [0.25, 0.3) is 23.4 Å². The smallest absolute Gasteiger partial charge is 0.368 e. The van der Waals surface area contributed by atoms with E-state index in [1.54, 1.807) is 12.1 Å². The number of carbonyl (C=O) groups is 2. The lowest BCUT2D eigenvalue weighted by molar-refractivity contribution is -0.199. The van der Waals surface area contributed by atoms with Crippen LogP contribution in [0, 0.1) is 0 Å². The first-order valence-corrected chi connectivity index (χ1v) is 12.2. The van der Waals surface area contributed by atoms with Crippen molar-refractivity contribution in [2.45, 2.75) is 12.6 Å². The van der Waals surface area contributed by atoms with E-state index in [0.29, 0.717) is 11.3 Å². The summed E-state index contributed by atoms with van der Waals surface area (Å²) in [6.07, 6.45) is 0.312. The number of likely N-dealkylation sites (N-methyl/N-ethyl adjacent to an activating group) is 1. The Morgan fingerprint density at radius 3 is 2.61 bits per heavy atom. The van der Waals surface area contributed by atoms with Gasteiger partial charge in [-0.15, -0.1) is 0 Å². The number of pyridine rings is 1. The number of hydrogen-bond donors (Lipinski definition) is 1. The van der Waals surface area contributed by atoms with Crippen LogP contribution in [-0.4, -0.2) is 72.4 Å². The van der Waals surface area contributed by atoms with E-state index in [0.717, 1.165) is 42.2 Å². The summed E-state index contributed by atoms with van der Waals surface area (Å²) in [5.74, 6) is -2.80. The molecule has 4 heterocycles. The molecule has 0 unspecified atom stereocenters. The Hall–Kier alpha value is -4.12. The Kier molecular flexibility index (Phi) is 6.94. The third-order valence-corrected chi connectivity index (χ3v) is 6.64. The molecule has 0 radical (unpaired) electrons. The molecule has 3 aromatic rings. The molecule has 198 valence electrons. The van der Waals surface area contributed by atoms with Gasteiger partial charge in [0.1, 0.15) is 0 Å². The maximum absolute atomic E-state index is 13.0. The van der Waals surface area contributed by atoms with Crippen LogP contribution in [-0.2, 0) is 11.2 Å². The summed E-state index contributed by atoms with van der Waals surface area (Å²) in [6, 6.07) is 12.7. The molecule has 1 N–H and O–H groups in total. The van der Waals surface area contributed by atoms with Gasteiger partial charge in [0.25, 0.3) is 5.91 Å². The second-order valence-electron chi connectivity index (χ2n) is 9.22. The number of nitrogens with zero attached hydrogens (tertiary/aromatic N) is 4. The average molecular weight is 526 g/mol. The van der Waals surface area contributed by atoms with Gasteiger partial charge in [-0.2, -0.15) is 17.9 Å². The van der Waals surface area contributed by atoms with Crippen molar-refractivity contribution >= 4 is 29.7 Å². The Labute approximate surface area is 217 Å². The second-order valence-corrected chi connectivity index (χ2v) is 9.22. The van der Waals surface area contributed by atoms with E-state index in [1.165, 1.54) is 12.3 Å². The van der Waals surface area contributed by atoms with Gasteiger partial charge in [-0.25, -0.2) is 4.79 Å². The molecule has 1 amide bonds. The van der Waals surface area contributed by atoms with Crippen molar-refractivity contribution < 1.29 is 27.6 Å². The van der Waals surface area contributed by atoms with E-state index in [-0.39, 0.29) is 29.9 Å². The molecule has 1 saturated heterocycles. The highest BCUT2D eigenvalue weighted by atomic mass is 19.4. The van der Waals surface area contributed by atoms with Crippen LogP contribution in [0.1, 0.15) is 27.3 Å². The highest BCUT2D eigenvalue weighted by Crippen LogP contribution is 2.29. The van der Waals surface area contributed by atoms with Crippen molar-refractivity contribution in [1.29, 1.82) is 0 Å². The number of piperazine rings is 1. The van der Waals surface area contributed by atoms with E-state index in [9.17, 15) is 22.8 Å². The minimum Gasteiger partial charge on any atom is -0.368 e. The highest BCUT2D eigenvalue weighted by molar-refractivity contribution is 5.98. The molecule has 1 fully saturated rings. The third kappa shape index (κ3) is 5.28. The Morgan fingerprint density at radius 2 is 1.84 bits per heavy atom. The molecular weight excluding hydrogens is 499 g/mol. The van der Waals surface area contributed by atoms with Gasteiger partial charge in [0.05, 0.1) is 22.6 Å². The Bertz CT molecular complexity index is 1390. The molecule has 2 aliphatic heterocycles. The largest absolute Gasteiger partial charge is 0.493 e. The van der Waals surface area contributed by atoms with Gasteiger partial charge in [0, 0.05) is 56.6 Å². The fraction of sp³-hybridized carbons (Fsp3) is 0.296. The molecule has 11 heteroatoms. The van der Waals surface area contributed by atoms with Crippen LogP contribution in [0.15, 0.2) is 48.7 Å². The molecule has 8 nitrogen and oxygen atoms in total. The van der Waals surface area contributed by atoms with Gasteiger partial charge in [0.15, 0.2) is 0 Å². The van der Waals surface area contributed by atoms with Crippen LogP contribution in [0.5, 0.6) is 0 Å². The number of amides is 1. The molecule has 0 aliphatic carbocycles. The van der Waals surface area contributed by atoms with Gasteiger partial charge in [-0.1, -0.05) is 24.3 Å². The Morgan fingerprint density at radius 1 is 1.08 bits per heavy atom. The summed E-state index contributed by atoms with van der Waals surface area (Å²) in [6.45, 7) is 4.00. The van der Waals surface area contributed by atoms with E-state index in [2.05, 4.69) is 33.2 Å². The van der Waals surface area contributed by atoms with Crippen LogP contribution in [0.3, 0.4) is 0 Å². The fourth-order valence-electron chi connectivity index (χ4n) is 4.63. The van der Waals surface area contributed by atoms with Crippen LogP contribution in [0.2, 0.25) is 0 Å². The number of alkyl halides is 3. The monoisotopic (exact) mass is 525 g/mol. The highest BCUT2D eigenvalue weighted by Gasteiger charge is 2.43. The van der Waals surface area contributed by atoms with Gasteiger partial charge in [-0.05, 0) is 43.0 Å². The van der Waals surface area contributed by atoms with Crippen molar-refractivity contribution in [3.63, 3.8) is 0 Å². The predicted octanol–water partition coefficient (Wildman–Crippen LogP) is 3.28. The molecule has 0 bridgehead atoms. The standard InChI is InChI=1S/C27H26F3N5O3/c1-33-12-14-34(15-13-33)22-5-3-2-4-18(22)6-7-20-16-19(8-10-31-20)24-17-21-23(9-11-32-25(21)36)35(24)38-26(37)27(28,29)30/h2-8,10,16-17H,9,11-15H2,1H3,(H,32,36). The molecule has 0 atom stereocenters. The minimum absolute atomic E-state index is 0.152. The van der Waals surface area contributed by atoms with Crippen LogP contribution >= 0.6 is 0 Å². The minimum atomic E-state index is -5.19. The first-order chi connectivity index (χ1) is 18.2. The number of halogens is 3. The van der Waals surface area contributed by atoms with Gasteiger partial charge < -0.3 is 20.0 Å². The molecule has 0 saturated carbocycles. The second kappa shape index (κ2) is 10.3. The third-order valence-electron chi connectivity index (χ3n) is 6.64. The first-order valence-electron chi connectivity index (χ1n) is 12.2. The SMILES string of the molecule is CN1CCN(c2ccccc2C=Cc2cc(-c3cc4c(n3OC(=O)C(F)(F)F)CCNC4=O)ccn2)CC1. The number of rotatable bonds is 5. The average Bonchev–Trinajstić information content (AvgIpc) is 3.27. The van der Waals surface area contributed by atoms with E-state index >= 15 is 0 Å². The molecule has 38 heavy (non-hydrogen) atoms. The fourth-order valence-corrected chi connectivity index (χ4v) is 4.63. The molecule has 0 spiro atoms. The number of carbonyl (C=O) groups excluding carboxylic acids is 2. The zero-order chi connectivity index (χ0) is 26.9. The number of aromatic nitrogens is 2. The van der Waals surface area contributed by atoms with Gasteiger partial charge in [0.2, 0.25) is 0 Å². The molecule has 1 aromatic carbocycles. The summed E-state index contributed by atoms with van der Waals surface area (Å²) in [5, 5.41) is 2.65. The van der Waals surface area contributed by atoms with E-state index < -0.39 is 18.1 Å². The zero-order valence-electron chi connectivity index (χ0n) is 20.7. The van der Waals surface area contributed by atoms with Crippen LogP contribution in [0.4, 0.5) is 18.9 Å². The number of fused-ring (bicyclic) bond motifs is 1. The zero-order valence-corrected chi connectivity index (χ0v) is 20.7. The Balaban J connectivity index is 1.47. The van der Waals surface area contributed by atoms with Crippen molar-refractivity contribution in [3.8, 4) is 11.3 Å². The van der Waals surface area contributed by atoms with Gasteiger partial charge in [-0.3, -0.25) is 9.78 Å². The summed E-state index contributed by atoms with van der Waals surface area (Å²) in [5.41, 5.74) is 3.64. The number of hydrogen-bond acceptors (Lipinski definition) is 6. The lowest BCUT2D eigenvalue weighted by atomic mass is 10.1. The quantitative estimate of drug-likeness (QED) is 0.551. The van der Waals surface area contributed by atoms with Crippen molar-refractivity contribution in [2.75, 3.05) is 44.7 Å². The molecule has 5 rings (SSSR count).